The molecule has 8 heteroatoms. The van der Waals surface area contributed by atoms with Gasteiger partial charge in [-0.3, -0.25) is 4.79 Å². The molecule has 184 valence electrons. The van der Waals surface area contributed by atoms with Crippen LogP contribution in [0.2, 0.25) is 0 Å². The van der Waals surface area contributed by atoms with E-state index in [1.54, 1.807) is 41.5 Å². The van der Waals surface area contributed by atoms with E-state index in [9.17, 15) is 9.18 Å². The molecule has 0 radical (unpaired) electrons. The number of rotatable bonds is 6. The van der Waals surface area contributed by atoms with Gasteiger partial charge in [0.25, 0.3) is 0 Å². The van der Waals surface area contributed by atoms with Crippen molar-refractivity contribution in [2.75, 3.05) is 4.90 Å². The number of anilines is 1. The van der Waals surface area contributed by atoms with Crippen molar-refractivity contribution < 1.29 is 9.18 Å². The first-order valence-corrected chi connectivity index (χ1v) is 12.2. The lowest BCUT2D eigenvalue weighted by atomic mass is 9.94. The number of nitrogens with one attached hydrogen (secondary N) is 1. The maximum absolute atomic E-state index is 13.7. The summed E-state index contributed by atoms with van der Waals surface area (Å²) in [6.45, 7) is 2.43. The van der Waals surface area contributed by atoms with Gasteiger partial charge >= 0.3 is 0 Å². The fraction of sp³-hybridized carbons (Fsp3) is 0.172. The summed E-state index contributed by atoms with van der Waals surface area (Å²) in [4.78, 5) is 24.2. The molecule has 0 unspecified atom stereocenters. The van der Waals surface area contributed by atoms with Gasteiger partial charge in [0.2, 0.25) is 5.91 Å². The van der Waals surface area contributed by atoms with Crippen molar-refractivity contribution in [2.24, 2.45) is 5.92 Å². The molecule has 3 heterocycles. The SMILES string of the molecule is C[C@@H]1C(=O)N(c2ccc3c(cnn3-c3ccc(F)cc3)c2)[C@H](c2ccccc2)[C@H]1NCc1ncccn1. The fourth-order valence-corrected chi connectivity index (χ4v) is 5.12. The molecule has 1 amide bonds. The summed E-state index contributed by atoms with van der Waals surface area (Å²) in [5.74, 6) is 0.178. The molecule has 3 atom stereocenters. The van der Waals surface area contributed by atoms with Crippen molar-refractivity contribution in [2.45, 2.75) is 25.6 Å². The Bertz CT molecular complexity index is 1540. The Kier molecular flexibility index (Phi) is 5.94. The van der Waals surface area contributed by atoms with Gasteiger partial charge in [0.1, 0.15) is 11.6 Å². The highest BCUT2D eigenvalue weighted by Crippen LogP contribution is 2.41. The number of amides is 1. The molecule has 7 nitrogen and oxygen atoms in total. The third-order valence-corrected chi connectivity index (χ3v) is 6.94. The van der Waals surface area contributed by atoms with Gasteiger partial charge in [-0.15, -0.1) is 0 Å². The van der Waals surface area contributed by atoms with Gasteiger partial charge in [0.15, 0.2) is 0 Å². The van der Waals surface area contributed by atoms with Gasteiger partial charge in [-0.25, -0.2) is 19.0 Å². The van der Waals surface area contributed by atoms with Crippen LogP contribution in [0, 0.1) is 11.7 Å². The predicted octanol–water partition coefficient (Wildman–Crippen LogP) is 4.84. The number of carbonyl (C=O) groups is 1. The molecule has 1 N–H and O–H groups in total. The number of nitrogens with zero attached hydrogens (tertiary/aromatic N) is 5. The van der Waals surface area contributed by atoms with Crippen LogP contribution in [-0.2, 0) is 11.3 Å². The second kappa shape index (κ2) is 9.55. The highest BCUT2D eigenvalue weighted by Gasteiger charge is 2.47. The molecule has 0 bridgehead atoms. The van der Waals surface area contributed by atoms with E-state index in [1.165, 1.54) is 12.1 Å². The minimum Gasteiger partial charge on any atom is -0.304 e. The summed E-state index contributed by atoms with van der Waals surface area (Å²) in [7, 11) is 0. The molecule has 1 fully saturated rings. The van der Waals surface area contributed by atoms with Gasteiger partial charge < -0.3 is 10.2 Å². The van der Waals surface area contributed by atoms with Gasteiger partial charge in [0.05, 0.1) is 35.9 Å². The first-order valence-electron chi connectivity index (χ1n) is 12.2. The molecule has 0 spiro atoms. The summed E-state index contributed by atoms with van der Waals surface area (Å²) < 4.78 is 15.2. The Balaban J connectivity index is 1.37. The monoisotopic (exact) mass is 492 g/mol. The van der Waals surface area contributed by atoms with E-state index < -0.39 is 0 Å². The first kappa shape index (κ1) is 23.0. The van der Waals surface area contributed by atoms with Crippen molar-refractivity contribution >= 4 is 22.5 Å². The second-order valence-electron chi connectivity index (χ2n) is 9.20. The normalized spacial score (nSPS) is 19.6. The summed E-state index contributed by atoms with van der Waals surface area (Å²) in [6.07, 6.45) is 5.21. The van der Waals surface area contributed by atoms with Crippen molar-refractivity contribution in [3.05, 3.63) is 115 Å². The zero-order chi connectivity index (χ0) is 25.4. The van der Waals surface area contributed by atoms with Gasteiger partial charge in [-0.05, 0) is 54.1 Å². The summed E-state index contributed by atoms with van der Waals surface area (Å²) in [6, 6.07) is 23.6. The number of aromatic nitrogens is 4. The van der Waals surface area contributed by atoms with Crippen LogP contribution in [0.15, 0.2) is 97.5 Å². The van der Waals surface area contributed by atoms with Crippen LogP contribution >= 0.6 is 0 Å². The molecule has 1 saturated heterocycles. The Hall–Kier alpha value is -4.43. The van der Waals surface area contributed by atoms with E-state index in [1.807, 2.05) is 48.2 Å². The average molecular weight is 493 g/mol. The lowest BCUT2D eigenvalue weighted by Crippen LogP contribution is -2.38. The highest BCUT2D eigenvalue weighted by atomic mass is 19.1. The molecule has 5 aromatic rings. The van der Waals surface area contributed by atoms with Gasteiger partial charge in [0, 0.05) is 29.5 Å². The van der Waals surface area contributed by atoms with E-state index in [0.717, 1.165) is 27.8 Å². The van der Waals surface area contributed by atoms with Crippen molar-refractivity contribution in [1.82, 2.24) is 25.1 Å². The molecule has 6 rings (SSSR count). The number of benzene rings is 3. The Labute approximate surface area is 213 Å². The molecule has 0 saturated carbocycles. The minimum atomic E-state index is -0.293. The van der Waals surface area contributed by atoms with Crippen LogP contribution in [0.1, 0.15) is 24.4 Å². The first-order chi connectivity index (χ1) is 18.1. The zero-order valence-electron chi connectivity index (χ0n) is 20.2. The van der Waals surface area contributed by atoms with E-state index in [0.29, 0.717) is 12.4 Å². The summed E-state index contributed by atoms with van der Waals surface area (Å²) in [5.41, 5.74) is 3.50. The fourth-order valence-electron chi connectivity index (χ4n) is 5.12. The summed E-state index contributed by atoms with van der Waals surface area (Å²) >= 11 is 0. The van der Waals surface area contributed by atoms with Crippen LogP contribution in [0.5, 0.6) is 0 Å². The predicted molar refractivity (Wildman–Crippen MR) is 140 cm³/mol. The quantitative estimate of drug-likeness (QED) is 0.367. The molecular weight excluding hydrogens is 467 g/mol. The molecule has 37 heavy (non-hydrogen) atoms. The third kappa shape index (κ3) is 4.25. The van der Waals surface area contributed by atoms with Gasteiger partial charge in [-0.2, -0.15) is 5.10 Å². The number of carbonyl (C=O) groups excluding carboxylic acids is 1. The Morgan fingerprint density at radius 2 is 1.65 bits per heavy atom. The zero-order valence-corrected chi connectivity index (χ0v) is 20.2. The maximum atomic E-state index is 13.7. The lowest BCUT2D eigenvalue weighted by molar-refractivity contribution is -0.120. The molecule has 0 aliphatic carbocycles. The van der Waals surface area contributed by atoms with Crippen LogP contribution in [-0.4, -0.2) is 31.7 Å². The molecule has 1 aliphatic rings. The molecule has 3 aromatic carbocycles. The molecule has 2 aromatic heterocycles. The van der Waals surface area contributed by atoms with E-state index in [2.05, 4.69) is 32.5 Å². The second-order valence-corrected chi connectivity index (χ2v) is 9.20. The molecular formula is C29H25FN6O. The van der Waals surface area contributed by atoms with Gasteiger partial charge in [-0.1, -0.05) is 37.3 Å². The van der Waals surface area contributed by atoms with Crippen molar-refractivity contribution in [3.63, 3.8) is 0 Å². The Morgan fingerprint density at radius 3 is 2.41 bits per heavy atom. The average Bonchev–Trinajstić information content (AvgIpc) is 3.47. The third-order valence-electron chi connectivity index (χ3n) is 6.94. The maximum Gasteiger partial charge on any atom is 0.232 e. The summed E-state index contributed by atoms with van der Waals surface area (Å²) in [5, 5.41) is 8.97. The highest BCUT2D eigenvalue weighted by molar-refractivity contribution is 6.00. The number of halogens is 1. The van der Waals surface area contributed by atoms with E-state index >= 15 is 0 Å². The number of hydrogen-bond acceptors (Lipinski definition) is 5. The smallest absolute Gasteiger partial charge is 0.232 e. The van der Waals surface area contributed by atoms with Crippen LogP contribution in [0.25, 0.3) is 16.6 Å². The van der Waals surface area contributed by atoms with E-state index in [4.69, 9.17) is 0 Å². The van der Waals surface area contributed by atoms with Crippen LogP contribution in [0.4, 0.5) is 10.1 Å². The number of hydrogen-bond donors (Lipinski definition) is 1. The van der Waals surface area contributed by atoms with Crippen molar-refractivity contribution in [1.29, 1.82) is 0 Å². The standard InChI is InChI=1S/C29H25FN6O/c1-19-27(33-18-26-31-14-5-15-32-26)28(20-6-3-2-4-7-20)35(29(19)37)24-12-13-25-21(16-24)17-34-36(25)23-10-8-22(30)9-11-23/h2-17,19,27-28,33H,18H2,1H3/t19-,27-,28+/m0/s1. The molecule has 1 aliphatic heterocycles. The van der Waals surface area contributed by atoms with Crippen molar-refractivity contribution in [3.8, 4) is 5.69 Å². The van der Waals surface area contributed by atoms with Crippen LogP contribution in [0.3, 0.4) is 0 Å². The number of fused-ring (bicyclic) bond motifs is 1. The minimum absolute atomic E-state index is 0.0469. The topological polar surface area (TPSA) is 75.9 Å². The Morgan fingerprint density at radius 1 is 0.919 bits per heavy atom. The van der Waals surface area contributed by atoms with E-state index in [-0.39, 0.29) is 29.7 Å². The lowest BCUT2D eigenvalue weighted by Gasteiger charge is -2.29. The van der Waals surface area contributed by atoms with Crippen LogP contribution < -0.4 is 10.2 Å². The largest absolute Gasteiger partial charge is 0.304 e.